The number of para-hydroxylation sites is 1. The van der Waals surface area contributed by atoms with Gasteiger partial charge in [-0.2, -0.15) is 0 Å². The minimum atomic E-state index is -3.77. The fourth-order valence-electron chi connectivity index (χ4n) is 3.09. The number of carbonyl (C=O) groups is 2. The molecule has 2 amide bonds. The lowest BCUT2D eigenvalue weighted by Gasteiger charge is -2.33. The molecule has 1 N–H and O–H groups in total. The zero-order valence-electron chi connectivity index (χ0n) is 19.3. The van der Waals surface area contributed by atoms with Gasteiger partial charge < -0.3 is 10.2 Å². The lowest BCUT2D eigenvalue weighted by atomic mass is 10.1. The van der Waals surface area contributed by atoms with Crippen LogP contribution >= 0.6 is 31.9 Å². The van der Waals surface area contributed by atoms with Gasteiger partial charge in [0, 0.05) is 21.0 Å². The highest BCUT2D eigenvalue weighted by molar-refractivity contribution is 9.10. The molecule has 0 aliphatic rings. The molecule has 1 atom stereocenters. The molecule has 0 fully saturated rings. The lowest BCUT2D eigenvalue weighted by Crippen LogP contribution is -2.54. The molecular weight excluding hydrogens is 574 g/mol. The topological polar surface area (TPSA) is 86.8 Å². The Kier molecular flexibility index (Phi) is 9.12. The molecule has 2 aromatic rings. The second kappa shape index (κ2) is 11.0. The zero-order valence-corrected chi connectivity index (χ0v) is 23.3. The molecule has 0 aromatic heterocycles. The van der Waals surface area contributed by atoms with Gasteiger partial charge in [0.1, 0.15) is 12.6 Å². The van der Waals surface area contributed by atoms with E-state index in [1.165, 1.54) is 4.90 Å². The number of sulfonamides is 1. The summed E-state index contributed by atoms with van der Waals surface area (Å²) < 4.78 is 27.6. The van der Waals surface area contributed by atoms with Crippen molar-refractivity contribution in [2.45, 2.75) is 45.8 Å². The van der Waals surface area contributed by atoms with Crippen LogP contribution in [-0.4, -0.2) is 49.5 Å². The van der Waals surface area contributed by atoms with Crippen LogP contribution in [0.2, 0.25) is 0 Å². The summed E-state index contributed by atoms with van der Waals surface area (Å²) in [5, 5.41) is 2.89. The summed E-state index contributed by atoms with van der Waals surface area (Å²) >= 11 is 6.75. The van der Waals surface area contributed by atoms with Gasteiger partial charge in [-0.05, 0) is 73.5 Å². The molecule has 2 rings (SSSR count). The molecule has 0 bridgehead atoms. The molecule has 180 valence electrons. The number of carbonyl (C=O) groups excluding carboxylic acids is 2. The highest BCUT2D eigenvalue weighted by Gasteiger charge is 2.31. The van der Waals surface area contributed by atoms with E-state index in [-0.39, 0.29) is 12.5 Å². The van der Waals surface area contributed by atoms with Gasteiger partial charge >= 0.3 is 0 Å². The monoisotopic (exact) mass is 601 g/mol. The van der Waals surface area contributed by atoms with Crippen molar-refractivity contribution in [2.75, 3.05) is 17.1 Å². The number of nitrogens with zero attached hydrogens (tertiary/aromatic N) is 2. The average Bonchev–Trinajstić information content (AvgIpc) is 2.69. The smallest absolute Gasteiger partial charge is 0.244 e. The first kappa shape index (κ1) is 27.3. The van der Waals surface area contributed by atoms with Gasteiger partial charge in [0.25, 0.3) is 0 Å². The van der Waals surface area contributed by atoms with E-state index in [0.717, 1.165) is 20.6 Å². The average molecular weight is 603 g/mol. The number of amides is 2. The maximum Gasteiger partial charge on any atom is 0.244 e. The van der Waals surface area contributed by atoms with Crippen LogP contribution in [0.1, 0.15) is 33.3 Å². The number of benzene rings is 2. The van der Waals surface area contributed by atoms with Crippen molar-refractivity contribution in [2.24, 2.45) is 0 Å². The van der Waals surface area contributed by atoms with Crippen LogP contribution in [0.25, 0.3) is 0 Å². The third kappa shape index (κ3) is 8.12. The van der Waals surface area contributed by atoms with E-state index in [1.807, 2.05) is 45.0 Å². The predicted octanol–water partition coefficient (Wildman–Crippen LogP) is 4.31. The number of hydrogen-bond acceptors (Lipinski definition) is 4. The summed E-state index contributed by atoms with van der Waals surface area (Å²) in [7, 11) is -3.77. The second-order valence-corrected chi connectivity index (χ2v) is 12.5. The van der Waals surface area contributed by atoms with Gasteiger partial charge in [0.05, 0.1) is 11.9 Å². The summed E-state index contributed by atoms with van der Waals surface area (Å²) in [6.45, 7) is 6.93. The third-order valence-electron chi connectivity index (χ3n) is 4.73. The fraction of sp³-hybridized carbons (Fsp3) is 0.391. The zero-order chi connectivity index (χ0) is 25.0. The highest BCUT2D eigenvalue weighted by Crippen LogP contribution is 2.28. The van der Waals surface area contributed by atoms with Crippen LogP contribution in [-0.2, 0) is 26.2 Å². The molecule has 0 unspecified atom stereocenters. The van der Waals surface area contributed by atoms with Gasteiger partial charge in [-0.25, -0.2) is 8.42 Å². The first-order valence-corrected chi connectivity index (χ1v) is 13.7. The van der Waals surface area contributed by atoms with Gasteiger partial charge in [-0.1, -0.05) is 40.2 Å². The second-order valence-electron chi connectivity index (χ2n) is 8.78. The van der Waals surface area contributed by atoms with Crippen molar-refractivity contribution in [1.29, 1.82) is 0 Å². The number of rotatable bonds is 8. The lowest BCUT2D eigenvalue weighted by molar-refractivity contribution is -0.140. The summed E-state index contributed by atoms with van der Waals surface area (Å²) in [6.07, 6.45) is 1.05. The molecule has 2 aromatic carbocycles. The first-order valence-electron chi connectivity index (χ1n) is 10.3. The Morgan fingerprint density at radius 1 is 1.03 bits per heavy atom. The van der Waals surface area contributed by atoms with Crippen molar-refractivity contribution in [3.05, 3.63) is 63.0 Å². The van der Waals surface area contributed by atoms with Crippen molar-refractivity contribution >= 4 is 59.4 Å². The van der Waals surface area contributed by atoms with Crippen molar-refractivity contribution in [3.8, 4) is 0 Å². The van der Waals surface area contributed by atoms with Gasteiger partial charge in [0.15, 0.2) is 0 Å². The molecule has 0 saturated heterocycles. The van der Waals surface area contributed by atoms with E-state index in [9.17, 15) is 18.0 Å². The third-order valence-corrected chi connectivity index (χ3v) is 7.06. The normalized spacial score (nSPS) is 12.7. The van der Waals surface area contributed by atoms with Crippen LogP contribution in [0.4, 0.5) is 5.69 Å². The number of halogens is 2. The molecule has 0 aliphatic carbocycles. The standard InChI is InChI=1S/C23H29Br2N3O4S/c1-16(22(30)26-23(2,3)4)27(14-17-10-12-18(24)13-11-17)21(29)15-28(33(5,31)32)20-9-7-6-8-19(20)25/h6-13,16H,14-15H2,1-5H3,(H,26,30)/t16-/m1/s1. The Bertz CT molecular complexity index is 1100. The Hall–Kier alpha value is -1.91. The molecule has 0 spiro atoms. The summed E-state index contributed by atoms with van der Waals surface area (Å²) in [5.41, 5.74) is 0.684. The van der Waals surface area contributed by atoms with Crippen LogP contribution in [0.5, 0.6) is 0 Å². The number of nitrogens with one attached hydrogen (secondary N) is 1. The van der Waals surface area contributed by atoms with E-state index >= 15 is 0 Å². The SMILES string of the molecule is C[C@H](C(=O)NC(C)(C)C)N(Cc1ccc(Br)cc1)C(=O)CN(c1ccccc1Br)S(C)(=O)=O. The van der Waals surface area contributed by atoms with Gasteiger partial charge in [-0.15, -0.1) is 0 Å². The number of anilines is 1. The molecule has 0 saturated carbocycles. The Morgan fingerprint density at radius 2 is 1.61 bits per heavy atom. The highest BCUT2D eigenvalue weighted by atomic mass is 79.9. The van der Waals surface area contributed by atoms with Crippen LogP contribution in [0, 0.1) is 0 Å². The minimum absolute atomic E-state index is 0.151. The molecule has 10 heteroatoms. The largest absolute Gasteiger partial charge is 0.350 e. The predicted molar refractivity (Wildman–Crippen MR) is 138 cm³/mol. The quantitative estimate of drug-likeness (QED) is 0.488. The first-order chi connectivity index (χ1) is 15.2. The molecule has 0 radical (unpaired) electrons. The molecule has 7 nitrogen and oxygen atoms in total. The molecular formula is C23H29Br2N3O4S. The van der Waals surface area contributed by atoms with E-state index in [0.29, 0.717) is 10.2 Å². The summed E-state index contributed by atoms with van der Waals surface area (Å²) in [6, 6.07) is 13.4. The van der Waals surface area contributed by atoms with Crippen molar-refractivity contribution in [3.63, 3.8) is 0 Å². The molecule has 33 heavy (non-hydrogen) atoms. The van der Waals surface area contributed by atoms with Crippen LogP contribution < -0.4 is 9.62 Å². The van der Waals surface area contributed by atoms with E-state index in [4.69, 9.17) is 0 Å². The minimum Gasteiger partial charge on any atom is -0.350 e. The molecule has 0 aliphatic heterocycles. The number of hydrogen-bond donors (Lipinski definition) is 1. The van der Waals surface area contributed by atoms with Crippen molar-refractivity contribution < 1.29 is 18.0 Å². The Morgan fingerprint density at radius 3 is 2.12 bits per heavy atom. The van der Waals surface area contributed by atoms with Gasteiger partial charge in [0.2, 0.25) is 21.8 Å². The summed E-state index contributed by atoms with van der Waals surface area (Å²) in [5.74, 6) is -0.810. The van der Waals surface area contributed by atoms with E-state index < -0.39 is 34.1 Å². The molecule has 0 heterocycles. The van der Waals surface area contributed by atoms with E-state index in [2.05, 4.69) is 37.2 Å². The fourth-order valence-corrected chi connectivity index (χ4v) is 4.83. The summed E-state index contributed by atoms with van der Waals surface area (Å²) in [4.78, 5) is 27.8. The maximum absolute atomic E-state index is 13.5. The van der Waals surface area contributed by atoms with E-state index in [1.54, 1.807) is 31.2 Å². The maximum atomic E-state index is 13.5. The van der Waals surface area contributed by atoms with Gasteiger partial charge in [-0.3, -0.25) is 13.9 Å². The van der Waals surface area contributed by atoms with Crippen LogP contribution in [0.3, 0.4) is 0 Å². The van der Waals surface area contributed by atoms with Crippen molar-refractivity contribution in [1.82, 2.24) is 10.2 Å². The Balaban J connectivity index is 2.41. The Labute approximate surface area is 212 Å². The van der Waals surface area contributed by atoms with Crippen LogP contribution in [0.15, 0.2) is 57.5 Å².